The molecule has 2 rings (SSSR count). The van der Waals surface area contributed by atoms with Gasteiger partial charge in [0, 0.05) is 17.8 Å². The molecule has 2 aromatic rings. The average molecular weight is 300 g/mol. The number of hydrogen-bond acceptors (Lipinski definition) is 3. The molecule has 6 nitrogen and oxygen atoms in total. The number of aryl methyl sites for hydroxylation is 1. The van der Waals surface area contributed by atoms with E-state index in [9.17, 15) is 22.8 Å². The van der Waals surface area contributed by atoms with Crippen LogP contribution in [-0.2, 0) is 12.7 Å². The number of hydrogen-bond donors (Lipinski definition) is 3. The largest absolute Gasteiger partial charge is 0.431 e. The number of amides is 1. The van der Waals surface area contributed by atoms with E-state index in [1.165, 1.54) is 6.20 Å². The van der Waals surface area contributed by atoms with Crippen molar-refractivity contribution in [3.8, 4) is 0 Å². The fourth-order valence-electron chi connectivity index (χ4n) is 1.64. The zero-order valence-electron chi connectivity index (χ0n) is 10.8. The van der Waals surface area contributed by atoms with Crippen LogP contribution in [0.1, 0.15) is 27.3 Å². The van der Waals surface area contributed by atoms with E-state index >= 15 is 0 Å². The number of rotatable bonds is 3. The van der Waals surface area contributed by atoms with E-state index in [0.29, 0.717) is 11.6 Å². The maximum atomic E-state index is 12.4. The molecule has 112 valence electrons. The van der Waals surface area contributed by atoms with Crippen molar-refractivity contribution in [2.75, 3.05) is 0 Å². The second kappa shape index (κ2) is 5.43. The van der Waals surface area contributed by atoms with Gasteiger partial charge in [0.25, 0.3) is 11.5 Å². The Morgan fingerprint density at radius 1 is 1.38 bits per heavy atom. The number of aromatic nitrogens is 3. The summed E-state index contributed by atoms with van der Waals surface area (Å²) in [4.78, 5) is 25.0. The Morgan fingerprint density at radius 3 is 2.62 bits per heavy atom. The van der Waals surface area contributed by atoms with Crippen LogP contribution in [0, 0.1) is 6.92 Å². The highest BCUT2D eigenvalue weighted by Crippen LogP contribution is 2.26. The minimum atomic E-state index is -4.66. The lowest BCUT2D eigenvalue weighted by Crippen LogP contribution is -2.30. The van der Waals surface area contributed by atoms with Crippen LogP contribution >= 0.6 is 0 Å². The van der Waals surface area contributed by atoms with Crippen LogP contribution < -0.4 is 10.9 Å². The standard InChI is InChI=1S/C12H11F3N4O2/c1-6-7(5-17-19-6)4-16-10(20)8-2-3-9(12(13,14)15)18-11(8)21/h2-3,5H,4H2,1H3,(H,16,20)(H,17,19)(H,18,21). The molecular formula is C12H11F3N4O2. The molecule has 0 aliphatic rings. The third-order valence-electron chi connectivity index (χ3n) is 2.83. The van der Waals surface area contributed by atoms with E-state index in [4.69, 9.17) is 0 Å². The van der Waals surface area contributed by atoms with E-state index in [1.807, 2.05) is 0 Å². The topological polar surface area (TPSA) is 90.6 Å². The van der Waals surface area contributed by atoms with Crippen LogP contribution in [0.5, 0.6) is 0 Å². The fourth-order valence-corrected chi connectivity index (χ4v) is 1.64. The van der Waals surface area contributed by atoms with E-state index in [0.717, 1.165) is 11.8 Å². The van der Waals surface area contributed by atoms with Gasteiger partial charge in [0.2, 0.25) is 0 Å². The lowest BCUT2D eigenvalue weighted by Gasteiger charge is -2.07. The van der Waals surface area contributed by atoms with Gasteiger partial charge in [-0.25, -0.2) is 0 Å². The highest BCUT2D eigenvalue weighted by atomic mass is 19.4. The number of carbonyl (C=O) groups excluding carboxylic acids is 1. The van der Waals surface area contributed by atoms with Crippen molar-refractivity contribution in [3.05, 3.63) is 51.2 Å². The van der Waals surface area contributed by atoms with Crippen LogP contribution in [-0.4, -0.2) is 21.1 Å². The molecule has 0 aliphatic heterocycles. The Kier molecular flexibility index (Phi) is 3.83. The Bertz CT molecular complexity index is 718. The summed E-state index contributed by atoms with van der Waals surface area (Å²) in [7, 11) is 0. The molecule has 0 unspecified atom stereocenters. The van der Waals surface area contributed by atoms with Gasteiger partial charge in [-0.05, 0) is 19.1 Å². The van der Waals surface area contributed by atoms with Gasteiger partial charge >= 0.3 is 6.18 Å². The van der Waals surface area contributed by atoms with Crippen molar-refractivity contribution in [2.45, 2.75) is 19.6 Å². The first-order chi connectivity index (χ1) is 9.79. The third kappa shape index (κ3) is 3.30. The number of nitrogens with zero attached hydrogens (tertiary/aromatic N) is 1. The minimum Gasteiger partial charge on any atom is -0.348 e. The van der Waals surface area contributed by atoms with E-state index < -0.39 is 23.3 Å². The Balaban J connectivity index is 2.13. The molecule has 0 fully saturated rings. The van der Waals surface area contributed by atoms with Crippen molar-refractivity contribution in [3.63, 3.8) is 0 Å². The van der Waals surface area contributed by atoms with Gasteiger partial charge in [-0.1, -0.05) is 0 Å². The molecule has 2 aromatic heterocycles. The monoisotopic (exact) mass is 300 g/mol. The molecule has 1 amide bonds. The van der Waals surface area contributed by atoms with Gasteiger partial charge < -0.3 is 10.3 Å². The lowest BCUT2D eigenvalue weighted by atomic mass is 10.2. The predicted octanol–water partition coefficient (Wildman–Crippen LogP) is 1.36. The van der Waals surface area contributed by atoms with E-state index in [2.05, 4.69) is 15.5 Å². The first-order valence-electron chi connectivity index (χ1n) is 5.86. The number of H-pyrrole nitrogens is 2. The normalized spacial score (nSPS) is 11.4. The summed E-state index contributed by atoms with van der Waals surface area (Å²) < 4.78 is 37.2. The van der Waals surface area contributed by atoms with Gasteiger partial charge in [-0.3, -0.25) is 14.7 Å². The predicted molar refractivity (Wildman–Crippen MR) is 66.6 cm³/mol. The Morgan fingerprint density at radius 2 is 2.10 bits per heavy atom. The molecular weight excluding hydrogens is 289 g/mol. The molecule has 0 saturated carbocycles. The number of aromatic amines is 2. The summed E-state index contributed by atoms with van der Waals surface area (Å²) in [6.45, 7) is 1.86. The molecule has 9 heteroatoms. The van der Waals surface area contributed by atoms with Gasteiger partial charge in [0.1, 0.15) is 11.3 Å². The first-order valence-corrected chi connectivity index (χ1v) is 5.86. The second-order valence-corrected chi connectivity index (χ2v) is 4.32. The van der Waals surface area contributed by atoms with Crippen molar-refractivity contribution < 1.29 is 18.0 Å². The van der Waals surface area contributed by atoms with Gasteiger partial charge in [0.05, 0.1) is 6.20 Å². The Labute approximate surface area is 116 Å². The SMILES string of the molecule is Cc1[nH]ncc1CNC(=O)c1ccc(C(F)(F)F)[nH]c1=O. The van der Waals surface area contributed by atoms with Crippen molar-refractivity contribution in [2.24, 2.45) is 0 Å². The summed E-state index contributed by atoms with van der Waals surface area (Å²) in [6.07, 6.45) is -3.16. The number of halogens is 3. The molecule has 0 atom stereocenters. The highest BCUT2D eigenvalue weighted by molar-refractivity contribution is 5.93. The smallest absolute Gasteiger partial charge is 0.348 e. The molecule has 2 heterocycles. The number of alkyl halides is 3. The minimum absolute atomic E-state index is 0.113. The van der Waals surface area contributed by atoms with E-state index in [-0.39, 0.29) is 12.1 Å². The maximum Gasteiger partial charge on any atom is 0.431 e. The molecule has 0 aromatic carbocycles. The molecule has 0 aliphatic carbocycles. The fraction of sp³-hybridized carbons (Fsp3) is 0.250. The second-order valence-electron chi connectivity index (χ2n) is 4.32. The van der Waals surface area contributed by atoms with Crippen LogP contribution in [0.3, 0.4) is 0 Å². The highest BCUT2D eigenvalue weighted by Gasteiger charge is 2.32. The van der Waals surface area contributed by atoms with Crippen LogP contribution in [0.25, 0.3) is 0 Å². The van der Waals surface area contributed by atoms with E-state index in [1.54, 1.807) is 11.9 Å². The number of carbonyl (C=O) groups is 1. The van der Waals surface area contributed by atoms with Crippen molar-refractivity contribution >= 4 is 5.91 Å². The lowest BCUT2D eigenvalue weighted by molar-refractivity contribution is -0.141. The van der Waals surface area contributed by atoms with Gasteiger partial charge in [-0.15, -0.1) is 0 Å². The summed E-state index contributed by atoms with van der Waals surface area (Å²) in [5, 5.41) is 8.87. The average Bonchev–Trinajstić information content (AvgIpc) is 2.80. The summed E-state index contributed by atoms with van der Waals surface area (Å²) in [6, 6.07) is 1.50. The molecule has 0 radical (unpaired) electrons. The van der Waals surface area contributed by atoms with Gasteiger partial charge in [-0.2, -0.15) is 18.3 Å². The number of pyridine rings is 1. The van der Waals surface area contributed by atoms with Crippen LogP contribution in [0.15, 0.2) is 23.1 Å². The molecule has 3 N–H and O–H groups in total. The maximum absolute atomic E-state index is 12.4. The molecule has 21 heavy (non-hydrogen) atoms. The zero-order valence-corrected chi connectivity index (χ0v) is 10.8. The molecule has 0 spiro atoms. The van der Waals surface area contributed by atoms with Gasteiger partial charge in [0.15, 0.2) is 0 Å². The first kappa shape index (κ1) is 14.8. The third-order valence-corrected chi connectivity index (χ3v) is 2.83. The zero-order chi connectivity index (χ0) is 15.6. The van der Waals surface area contributed by atoms with Crippen LogP contribution in [0.2, 0.25) is 0 Å². The number of nitrogens with one attached hydrogen (secondary N) is 3. The van der Waals surface area contributed by atoms with Crippen molar-refractivity contribution in [1.29, 1.82) is 0 Å². The Hall–Kier alpha value is -2.58. The summed E-state index contributed by atoms with van der Waals surface area (Å²) >= 11 is 0. The quantitative estimate of drug-likeness (QED) is 0.799. The van der Waals surface area contributed by atoms with Crippen molar-refractivity contribution in [1.82, 2.24) is 20.5 Å². The summed E-state index contributed by atoms with van der Waals surface area (Å²) in [5.74, 6) is -0.759. The summed E-state index contributed by atoms with van der Waals surface area (Å²) in [5.41, 5.74) is -1.21. The van der Waals surface area contributed by atoms with Crippen LogP contribution in [0.4, 0.5) is 13.2 Å². The molecule has 0 bridgehead atoms. The molecule has 0 saturated heterocycles.